The summed E-state index contributed by atoms with van der Waals surface area (Å²) in [5, 5.41) is 15.2. The van der Waals surface area contributed by atoms with Crippen LogP contribution in [0.5, 0.6) is 5.75 Å². The SMILES string of the molecule is COc1ccc(C(=O)N[C@@H](CC(C)C)C(=O)N[C@H]2CCOC2O)cc1. The molecule has 7 heteroatoms. The van der Waals surface area contributed by atoms with E-state index in [0.29, 0.717) is 30.8 Å². The molecule has 2 amide bonds. The lowest BCUT2D eigenvalue weighted by molar-refractivity contribution is -0.127. The smallest absolute Gasteiger partial charge is 0.251 e. The third-order valence-electron chi connectivity index (χ3n) is 4.07. The molecule has 0 spiro atoms. The molecule has 7 nitrogen and oxygen atoms in total. The van der Waals surface area contributed by atoms with Gasteiger partial charge in [0.15, 0.2) is 6.29 Å². The summed E-state index contributed by atoms with van der Waals surface area (Å²) in [6.07, 6.45) is 0.0476. The van der Waals surface area contributed by atoms with E-state index in [2.05, 4.69) is 10.6 Å². The molecule has 1 aromatic rings. The standard InChI is InChI=1S/C18H26N2O5/c1-11(2)10-15(17(22)19-14-8-9-25-18(14)23)20-16(21)12-4-6-13(24-3)7-5-12/h4-7,11,14-15,18,23H,8-10H2,1-3H3,(H,19,22)(H,20,21)/t14-,15-,18?/m0/s1. The molecular weight excluding hydrogens is 324 g/mol. The molecule has 3 N–H and O–H groups in total. The Morgan fingerprint density at radius 3 is 2.52 bits per heavy atom. The lowest BCUT2D eigenvalue weighted by atomic mass is 10.0. The number of hydrogen-bond donors (Lipinski definition) is 3. The Hall–Kier alpha value is -2.12. The Bertz CT molecular complexity index is 588. The average molecular weight is 350 g/mol. The fraction of sp³-hybridized carbons (Fsp3) is 0.556. The van der Waals surface area contributed by atoms with Crippen LogP contribution in [0, 0.1) is 5.92 Å². The van der Waals surface area contributed by atoms with Crippen LogP contribution < -0.4 is 15.4 Å². The first-order valence-corrected chi connectivity index (χ1v) is 8.45. The van der Waals surface area contributed by atoms with Gasteiger partial charge < -0.3 is 25.2 Å². The second-order valence-corrected chi connectivity index (χ2v) is 6.55. The Kier molecular flexibility index (Phi) is 6.78. The van der Waals surface area contributed by atoms with Crippen LogP contribution in [0.25, 0.3) is 0 Å². The van der Waals surface area contributed by atoms with Gasteiger partial charge in [0.05, 0.1) is 19.8 Å². The van der Waals surface area contributed by atoms with Gasteiger partial charge in [-0.2, -0.15) is 0 Å². The minimum Gasteiger partial charge on any atom is -0.497 e. The minimum absolute atomic E-state index is 0.219. The Labute approximate surface area is 147 Å². The predicted octanol–water partition coefficient (Wildman–Crippen LogP) is 1.06. The van der Waals surface area contributed by atoms with Crippen molar-refractivity contribution >= 4 is 11.8 Å². The number of nitrogens with one attached hydrogen (secondary N) is 2. The third-order valence-corrected chi connectivity index (χ3v) is 4.07. The van der Waals surface area contributed by atoms with Crippen molar-refractivity contribution in [3.8, 4) is 5.75 Å². The van der Waals surface area contributed by atoms with Crippen molar-refractivity contribution in [2.45, 2.75) is 45.1 Å². The summed E-state index contributed by atoms with van der Waals surface area (Å²) < 4.78 is 10.1. The molecule has 1 fully saturated rings. The number of ether oxygens (including phenoxy) is 2. The van der Waals surface area contributed by atoms with Gasteiger partial charge in [0.1, 0.15) is 11.8 Å². The zero-order valence-electron chi connectivity index (χ0n) is 14.8. The highest BCUT2D eigenvalue weighted by molar-refractivity contribution is 5.97. The zero-order chi connectivity index (χ0) is 18.4. The monoisotopic (exact) mass is 350 g/mol. The molecule has 1 aliphatic rings. The minimum atomic E-state index is -0.999. The molecule has 0 bridgehead atoms. The van der Waals surface area contributed by atoms with Crippen molar-refractivity contribution in [3.05, 3.63) is 29.8 Å². The second kappa shape index (κ2) is 8.82. The third kappa shape index (κ3) is 5.44. The van der Waals surface area contributed by atoms with Crippen molar-refractivity contribution in [3.63, 3.8) is 0 Å². The average Bonchev–Trinajstić information content (AvgIpc) is 2.98. The summed E-state index contributed by atoms with van der Waals surface area (Å²) in [5.74, 6) is 0.233. The van der Waals surface area contributed by atoms with Gasteiger partial charge in [-0.3, -0.25) is 9.59 Å². The first-order valence-electron chi connectivity index (χ1n) is 8.45. The molecule has 0 radical (unpaired) electrons. The number of carbonyl (C=O) groups is 2. The largest absolute Gasteiger partial charge is 0.497 e. The van der Waals surface area contributed by atoms with E-state index in [0.717, 1.165) is 0 Å². The number of aliphatic hydroxyl groups is 1. The Morgan fingerprint density at radius 2 is 2.00 bits per heavy atom. The number of rotatable bonds is 7. The maximum Gasteiger partial charge on any atom is 0.251 e. The van der Waals surface area contributed by atoms with Gasteiger partial charge in [0.25, 0.3) is 5.91 Å². The van der Waals surface area contributed by atoms with Crippen molar-refractivity contribution in [1.82, 2.24) is 10.6 Å². The molecule has 138 valence electrons. The molecular formula is C18H26N2O5. The summed E-state index contributed by atoms with van der Waals surface area (Å²) >= 11 is 0. The quantitative estimate of drug-likeness (QED) is 0.683. The lowest BCUT2D eigenvalue weighted by Crippen LogP contribution is -2.51. The second-order valence-electron chi connectivity index (χ2n) is 6.55. The van der Waals surface area contributed by atoms with Crippen molar-refractivity contribution in [2.75, 3.05) is 13.7 Å². The van der Waals surface area contributed by atoms with E-state index in [9.17, 15) is 14.7 Å². The van der Waals surface area contributed by atoms with Crippen LogP contribution in [-0.4, -0.2) is 49.0 Å². The highest BCUT2D eigenvalue weighted by atomic mass is 16.6. The van der Waals surface area contributed by atoms with E-state index >= 15 is 0 Å². The van der Waals surface area contributed by atoms with E-state index in [1.54, 1.807) is 31.4 Å². The molecule has 2 rings (SSSR count). The van der Waals surface area contributed by atoms with E-state index in [1.807, 2.05) is 13.8 Å². The van der Waals surface area contributed by atoms with E-state index in [-0.39, 0.29) is 17.7 Å². The van der Waals surface area contributed by atoms with Gasteiger partial charge in [-0.25, -0.2) is 0 Å². The van der Waals surface area contributed by atoms with E-state index < -0.39 is 18.4 Å². The maximum absolute atomic E-state index is 12.5. The van der Waals surface area contributed by atoms with Crippen LogP contribution in [0.1, 0.15) is 37.0 Å². The fourth-order valence-electron chi connectivity index (χ4n) is 2.69. The zero-order valence-corrected chi connectivity index (χ0v) is 14.8. The lowest BCUT2D eigenvalue weighted by Gasteiger charge is -2.23. The van der Waals surface area contributed by atoms with E-state index in [1.165, 1.54) is 0 Å². The van der Waals surface area contributed by atoms with Crippen LogP contribution in [0.3, 0.4) is 0 Å². The molecule has 0 aromatic heterocycles. The molecule has 1 heterocycles. The number of benzene rings is 1. The number of methoxy groups -OCH3 is 1. The predicted molar refractivity (Wildman–Crippen MR) is 92.2 cm³/mol. The fourth-order valence-corrected chi connectivity index (χ4v) is 2.69. The van der Waals surface area contributed by atoms with Crippen molar-refractivity contribution in [1.29, 1.82) is 0 Å². The molecule has 0 saturated carbocycles. The molecule has 0 aliphatic carbocycles. The topological polar surface area (TPSA) is 96.9 Å². The molecule has 25 heavy (non-hydrogen) atoms. The molecule has 1 aromatic carbocycles. The first-order chi connectivity index (χ1) is 11.9. The number of amides is 2. The molecule has 1 saturated heterocycles. The number of carbonyl (C=O) groups excluding carboxylic acids is 2. The summed E-state index contributed by atoms with van der Waals surface area (Å²) in [6.45, 7) is 4.36. The van der Waals surface area contributed by atoms with Crippen LogP contribution in [0.4, 0.5) is 0 Å². The van der Waals surface area contributed by atoms with Crippen molar-refractivity contribution in [2.24, 2.45) is 5.92 Å². The number of aliphatic hydroxyl groups excluding tert-OH is 1. The van der Waals surface area contributed by atoms with Gasteiger partial charge in [-0.15, -0.1) is 0 Å². The molecule has 1 unspecified atom stereocenters. The molecule has 1 aliphatic heterocycles. The van der Waals surface area contributed by atoms with Gasteiger partial charge in [-0.05, 0) is 43.0 Å². The van der Waals surface area contributed by atoms with Gasteiger partial charge >= 0.3 is 0 Å². The summed E-state index contributed by atoms with van der Waals surface area (Å²) in [5.41, 5.74) is 0.451. The van der Waals surface area contributed by atoms with Gasteiger partial charge in [-0.1, -0.05) is 13.8 Å². The highest BCUT2D eigenvalue weighted by Gasteiger charge is 2.31. The Balaban J connectivity index is 2.02. The normalized spacial score (nSPS) is 21.0. The maximum atomic E-state index is 12.5. The highest BCUT2D eigenvalue weighted by Crippen LogP contribution is 2.14. The summed E-state index contributed by atoms with van der Waals surface area (Å²) in [4.78, 5) is 25.0. The summed E-state index contributed by atoms with van der Waals surface area (Å²) in [6, 6.07) is 5.56. The Morgan fingerprint density at radius 1 is 1.32 bits per heavy atom. The van der Waals surface area contributed by atoms with E-state index in [4.69, 9.17) is 9.47 Å². The van der Waals surface area contributed by atoms with Crippen molar-refractivity contribution < 1.29 is 24.2 Å². The van der Waals surface area contributed by atoms with Gasteiger partial charge in [0, 0.05) is 5.56 Å². The van der Waals surface area contributed by atoms with Gasteiger partial charge in [0.2, 0.25) is 5.91 Å². The summed E-state index contributed by atoms with van der Waals surface area (Å²) in [7, 11) is 1.55. The van der Waals surface area contributed by atoms with Crippen LogP contribution >= 0.6 is 0 Å². The van der Waals surface area contributed by atoms with Crippen LogP contribution in [0.15, 0.2) is 24.3 Å². The first kappa shape index (κ1) is 19.2. The van der Waals surface area contributed by atoms with Crippen LogP contribution in [-0.2, 0) is 9.53 Å². The van der Waals surface area contributed by atoms with Crippen LogP contribution in [0.2, 0.25) is 0 Å². The molecule has 3 atom stereocenters. The number of hydrogen-bond acceptors (Lipinski definition) is 5.